The first-order valence-corrected chi connectivity index (χ1v) is 8.89. The minimum atomic E-state index is -0.316. The molecule has 0 aromatic carbocycles. The molecule has 0 saturated carbocycles. The van der Waals surface area contributed by atoms with E-state index in [0.717, 1.165) is 11.1 Å². The molecule has 1 amide bonds. The molecule has 27 heavy (non-hydrogen) atoms. The minimum absolute atomic E-state index is 0.172. The summed E-state index contributed by atoms with van der Waals surface area (Å²) in [5, 5.41) is 8.24. The Balaban J connectivity index is 1.54. The summed E-state index contributed by atoms with van der Waals surface area (Å²) in [4.78, 5) is 25.0. The first-order valence-electron chi connectivity index (χ1n) is 8.89. The second-order valence-corrected chi connectivity index (χ2v) is 7.96. The fourth-order valence-electron chi connectivity index (χ4n) is 2.92. The number of hydrogen-bond donors (Lipinski definition) is 0. The summed E-state index contributed by atoms with van der Waals surface area (Å²) in [5.41, 5.74) is 2.94. The van der Waals surface area contributed by atoms with Crippen LogP contribution in [0.5, 0.6) is 0 Å². The predicted octanol–water partition coefficient (Wildman–Crippen LogP) is 2.04. The molecule has 1 saturated heterocycles. The van der Waals surface area contributed by atoms with Crippen LogP contribution in [0.1, 0.15) is 26.3 Å². The second kappa shape index (κ2) is 6.04. The zero-order valence-electron chi connectivity index (χ0n) is 16.2. The standard InChI is InChI=1S/C18H23N7O2/c1-11-6-13-14(19-7-11)21-15(16-22-20-10-25(13)16)24-8-12(9-24)27-17(26)23(5)18(2,3)4/h6-7,10,12H,8-9H2,1-5H3. The van der Waals surface area contributed by atoms with Crippen molar-refractivity contribution in [1.29, 1.82) is 0 Å². The lowest BCUT2D eigenvalue weighted by Crippen LogP contribution is -2.55. The van der Waals surface area contributed by atoms with Crippen LogP contribution in [0.4, 0.5) is 10.6 Å². The minimum Gasteiger partial charge on any atom is -0.442 e. The SMILES string of the molecule is Cc1cnc2nc(N3CC(OC(=O)N(C)C(C)(C)C)C3)c3nncn3c2c1. The Labute approximate surface area is 157 Å². The van der Waals surface area contributed by atoms with E-state index in [1.165, 1.54) is 0 Å². The first kappa shape index (κ1) is 17.4. The number of pyridine rings is 1. The quantitative estimate of drug-likeness (QED) is 0.683. The highest BCUT2D eigenvalue weighted by Gasteiger charge is 2.35. The molecule has 0 bridgehead atoms. The summed E-state index contributed by atoms with van der Waals surface area (Å²) >= 11 is 0. The maximum atomic E-state index is 12.2. The average Bonchev–Trinajstić information content (AvgIpc) is 3.06. The number of rotatable bonds is 2. The van der Waals surface area contributed by atoms with Gasteiger partial charge in [-0.3, -0.25) is 4.40 Å². The Morgan fingerprint density at radius 1 is 1.33 bits per heavy atom. The van der Waals surface area contributed by atoms with Gasteiger partial charge in [-0.25, -0.2) is 14.8 Å². The van der Waals surface area contributed by atoms with Gasteiger partial charge in [-0.05, 0) is 39.3 Å². The van der Waals surface area contributed by atoms with E-state index < -0.39 is 0 Å². The van der Waals surface area contributed by atoms with E-state index in [1.807, 2.05) is 43.1 Å². The van der Waals surface area contributed by atoms with Crippen LogP contribution in [0.3, 0.4) is 0 Å². The van der Waals surface area contributed by atoms with E-state index >= 15 is 0 Å². The van der Waals surface area contributed by atoms with Gasteiger partial charge in [0.05, 0.1) is 18.6 Å². The normalized spacial score (nSPS) is 15.2. The molecular formula is C18H23N7O2. The van der Waals surface area contributed by atoms with Crippen LogP contribution in [0.15, 0.2) is 18.6 Å². The third-order valence-electron chi connectivity index (χ3n) is 4.90. The molecule has 0 radical (unpaired) electrons. The Morgan fingerprint density at radius 3 is 2.78 bits per heavy atom. The molecule has 9 nitrogen and oxygen atoms in total. The molecule has 3 aromatic rings. The molecule has 142 valence electrons. The van der Waals surface area contributed by atoms with E-state index in [0.29, 0.717) is 30.2 Å². The van der Waals surface area contributed by atoms with Crippen LogP contribution in [-0.2, 0) is 4.74 Å². The van der Waals surface area contributed by atoms with Gasteiger partial charge in [0.25, 0.3) is 0 Å². The zero-order chi connectivity index (χ0) is 19.3. The summed E-state index contributed by atoms with van der Waals surface area (Å²) in [6.45, 7) is 9.03. The van der Waals surface area contributed by atoms with Gasteiger partial charge in [-0.15, -0.1) is 10.2 Å². The molecule has 0 spiro atoms. The number of carbonyl (C=O) groups is 1. The topological polar surface area (TPSA) is 88.8 Å². The number of amides is 1. The van der Waals surface area contributed by atoms with Crippen molar-refractivity contribution < 1.29 is 9.53 Å². The molecule has 4 heterocycles. The van der Waals surface area contributed by atoms with Gasteiger partial charge in [0.15, 0.2) is 11.5 Å². The van der Waals surface area contributed by atoms with Crippen molar-refractivity contribution in [2.45, 2.75) is 39.3 Å². The third-order valence-corrected chi connectivity index (χ3v) is 4.90. The highest BCUT2D eigenvalue weighted by Crippen LogP contribution is 2.27. The zero-order valence-corrected chi connectivity index (χ0v) is 16.2. The monoisotopic (exact) mass is 369 g/mol. The summed E-state index contributed by atoms with van der Waals surface area (Å²) < 4.78 is 7.48. The van der Waals surface area contributed by atoms with Crippen LogP contribution in [0.25, 0.3) is 16.8 Å². The van der Waals surface area contributed by atoms with Crippen molar-refractivity contribution in [1.82, 2.24) is 29.5 Å². The smallest absolute Gasteiger partial charge is 0.410 e. The summed E-state index contributed by atoms with van der Waals surface area (Å²) in [6, 6.07) is 2.01. The molecule has 1 aliphatic heterocycles. The number of aryl methyl sites for hydroxylation is 1. The van der Waals surface area contributed by atoms with Gasteiger partial charge in [0.1, 0.15) is 12.4 Å². The Kier molecular flexibility index (Phi) is 3.90. The summed E-state index contributed by atoms with van der Waals surface area (Å²) in [6.07, 6.45) is 2.97. The number of carbonyl (C=O) groups excluding carboxylic acids is 1. The van der Waals surface area contributed by atoms with Crippen molar-refractivity contribution in [3.8, 4) is 0 Å². The van der Waals surface area contributed by atoms with Crippen LogP contribution >= 0.6 is 0 Å². The van der Waals surface area contributed by atoms with Crippen LogP contribution < -0.4 is 4.90 Å². The fraction of sp³-hybridized carbons (Fsp3) is 0.500. The Hall–Kier alpha value is -2.97. The maximum absolute atomic E-state index is 12.2. The second-order valence-electron chi connectivity index (χ2n) is 7.96. The molecule has 0 N–H and O–H groups in total. The highest BCUT2D eigenvalue weighted by molar-refractivity contribution is 5.81. The fourth-order valence-corrected chi connectivity index (χ4v) is 2.92. The largest absolute Gasteiger partial charge is 0.442 e. The van der Waals surface area contributed by atoms with Crippen molar-refractivity contribution >= 4 is 28.7 Å². The predicted molar refractivity (Wildman–Crippen MR) is 101 cm³/mol. The Bertz CT molecular complexity index is 1020. The van der Waals surface area contributed by atoms with E-state index in [9.17, 15) is 4.79 Å². The van der Waals surface area contributed by atoms with Crippen molar-refractivity contribution in [2.75, 3.05) is 25.0 Å². The van der Waals surface area contributed by atoms with Crippen molar-refractivity contribution in [2.24, 2.45) is 0 Å². The van der Waals surface area contributed by atoms with E-state index in [1.54, 1.807) is 24.5 Å². The van der Waals surface area contributed by atoms with Gasteiger partial charge < -0.3 is 14.5 Å². The molecule has 0 atom stereocenters. The van der Waals surface area contributed by atoms with Crippen molar-refractivity contribution in [3.05, 3.63) is 24.2 Å². The van der Waals surface area contributed by atoms with Gasteiger partial charge >= 0.3 is 6.09 Å². The molecular weight excluding hydrogens is 346 g/mol. The number of ether oxygens (including phenoxy) is 1. The van der Waals surface area contributed by atoms with Crippen molar-refractivity contribution in [3.63, 3.8) is 0 Å². The average molecular weight is 369 g/mol. The van der Waals surface area contributed by atoms with Crippen LogP contribution in [0, 0.1) is 6.92 Å². The number of hydrogen-bond acceptors (Lipinski definition) is 7. The highest BCUT2D eigenvalue weighted by atomic mass is 16.6. The molecule has 9 heteroatoms. The number of nitrogens with zero attached hydrogens (tertiary/aromatic N) is 7. The van der Waals surface area contributed by atoms with Crippen LogP contribution in [0.2, 0.25) is 0 Å². The van der Waals surface area contributed by atoms with Gasteiger partial charge in [0, 0.05) is 18.8 Å². The lowest BCUT2D eigenvalue weighted by atomic mass is 10.1. The Morgan fingerprint density at radius 2 is 2.07 bits per heavy atom. The van der Waals surface area contributed by atoms with Crippen LogP contribution in [-0.4, -0.2) is 67.3 Å². The molecule has 4 rings (SSSR count). The molecule has 0 unspecified atom stereocenters. The van der Waals surface area contributed by atoms with E-state index in [-0.39, 0.29) is 17.7 Å². The van der Waals surface area contributed by atoms with Gasteiger partial charge in [-0.2, -0.15) is 0 Å². The third kappa shape index (κ3) is 3.02. The maximum Gasteiger partial charge on any atom is 0.410 e. The number of anilines is 1. The number of fused-ring (bicyclic) bond motifs is 3. The summed E-state index contributed by atoms with van der Waals surface area (Å²) in [7, 11) is 1.75. The molecule has 0 aliphatic carbocycles. The van der Waals surface area contributed by atoms with E-state index in [2.05, 4.69) is 20.2 Å². The lowest BCUT2D eigenvalue weighted by Gasteiger charge is -2.41. The summed E-state index contributed by atoms with van der Waals surface area (Å²) in [5.74, 6) is 0.702. The van der Waals surface area contributed by atoms with Gasteiger partial charge in [-0.1, -0.05) is 0 Å². The molecule has 3 aromatic heterocycles. The van der Waals surface area contributed by atoms with E-state index in [4.69, 9.17) is 4.74 Å². The lowest BCUT2D eigenvalue weighted by molar-refractivity contribution is 0.0365. The van der Waals surface area contributed by atoms with Gasteiger partial charge in [0.2, 0.25) is 5.65 Å². The first-order chi connectivity index (χ1) is 12.7. The molecule has 1 aliphatic rings. The molecule has 1 fully saturated rings. The number of aromatic nitrogens is 5.